The monoisotopic (exact) mass is 392 g/mol. The molecule has 2 rings (SSSR count). The summed E-state index contributed by atoms with van der Waals surface area (Å²) in [5.41, 5.74) is 0.506. The summed E-state index contributed by atoms with van der Waals surface area (Å²) < 4.78 is 41.4. The quantitative estimate of drug-likeness (QED) is 0.818. The third-order valence-corrected chi connectivity index (χ3v) is 6.41. The molecular formula is C13H14BrFN2O2S2. The number of rotatable bonds is 5. The molecule has 2 N–H and O–H groups in total. The maximum atomic E-state index is 13.8. The Morgan fingerprint density at radius 2 is 2.10 bits per heavy atom. The summed E-state index contributed by atoms with van der Waals surface area (Å²) in [6, 6.07) is 5.98. The lowest BCUT2D eigenvalue weighted by atomic mass is 10.2. The fourth-order valence-corrected chi connectivity index (χ4v) is 5.63. The first-order chi connectivity index (χ1) is 9.85. The molecule has 0 aliphatic carbocycles. The van der Waals surface area contributed by atoms with Crippen LogP contribution < -0.4 is 10.0 Å². The van der Waals surface area contributed by atoms with Crippen molar-refractivity contribution in [2.45, 2.75) is 18.4 Å². The number of anilines is 1. The summed E-state index contributed by atoms with van der Waals surface area (Å²) in [6.07, 6.45) is 0. The lowest BCUT2D eigenvalue weighted by Gasteiger charge is -2.10. The van der Waals surface area contributed by atoms with Crippen molar-refractivity contribution in [2.75, 3.05) is 11.8 Å². The van der Waals surface area contributed by atoms with Crippen LogP contribution in [-0.2, 0) is 16.6 Å². The lowest BCUT2D eigenvalue weighted by Crippen LogP contribution is -2.14. The molecule has 0 saturated heterocycles. The summed E-state index contributed by atoms with van der Waals surface area (Å²) in [5.74, 6) is -0.597. The average molecular weight is 393 g/mol. The Labute approximate surface area is 135 Å². The maximum absolute atomic E-state index is 13.8. The van der Waals surface area contributed by atoms with Crippen molar-refractivity contribution < 1.29 is 12.8 Å². The summed E-state index contributed by atoms with van der Waals surface area (Å²) in [6.45, 7) is 2.22. The highest BCUT2D eigenvalue weighted by molar-refractivity contribution is 9.11. The van der Waals surface area contributed by atoms with Gasteiger partial charge in [0.15, 0.2) is 0 Å². The minimum Gasteiger partial charge on any atom is -0.315 e. The van der Waals surface area contributed by atoms with Crippen LogP contribution in [0.25, 0.3) is 0 Å². The van der Waals surface area contributed by atoms with Crippen LogP contribution in [0.2, 0.25) is 0 Å². The molecule has 4 nitrogen and oxygen atoms in total. The number of aryl methyl sites for hydroxylation is 1. The van der Waals surface area contributed by atoms with E-state index in [1.807, 2.05) is 0 Å². The number of hydrogen-bond acceptors (Lipinski definition) is 4. The molecule has 8 heteroatoms. The zero-order valence-electron chi connectivity index (χ0n) is 11.4. The number of halogens is 2. The number of nitrogens with one attached hydrogen (secondary N) is 2. The van der Waals surface area contributed by atoms with E-state index in [0.717, 1.165) is 4.88 Å². The Balaban J connectivity index is 2.39. The van der Waals surface area contributed by atoms with Crippen LogP contribution in [0.1, 0.15) is 10.4 Å². The predicted octanol–water partition coefficient (Wildman–Crippen LogP) is 3.48. The van der Waals surface area contributed by atoms with Gasteiger partial charge in [-0.2, -0.15) is 0 Å². The second kappa shape index (κ2) is 6.43. The Morgan fingerprint density at radius 3 is 2.71 bits per heavy atom. The van der Waals surface area contributed by atoms with Crippen molar-refractivity contribution in [1.29, 1.82) is 0 Å². The fourth-order valence-electron chi connectivity index (χ4n) is 1.79. The number of thiophene rings is 1. The number of para-hydroxylation sites is 1. The molecule has 1 aromatic heterocycles. The molecule has 0 bridgehead atoms. The SMILES string of the molecule is CNCc1cc(S(=O)(=O)Nc2c(C)cccc2F)c(Br)s1. The van der Waals surface area contributed by atoms with Gasteiger partial charge in [0.1, 0.15) is 10.7 Å². The summed E-state index contributed by atoms with van der Waals surface area (Å²) in [5, 5.41) is 2.96. The molecule has 1 heterocycles. The molecule has 21 heavy (non-hydrogen) atoms. The largest absolute Gasteiger partial charge is 0.315 e. The van der Waals surface area contributed by atoms with Gasteiger partial charge in [0.05, 0.1) is 9.47 Å². The highest BCUT2D eigenvalue weighted by atomic mass is 79.9. The zero-order valence-corrected chi connectivity index (χ0v) is 14.6. The second-order valence-corrected chi connectivity index (χ2v) is 8.52. The van der Waals surface area contributed by atoms with Crippen molar-refractivity contribution in [1.82, 2.24) is 5.32 Å². The first kappa shape index (κ1) is 16.4. The first-order valence-corrected chi connectivity index (χ1v) is 9.15. The Hall–Kier alpha value is -0.960. The topological polar surface area (TPSA) is 58.2 Å². The van der Waals surface area contributed by atoms with Crippen LogP contribution >= 0.6 is 27.3 Å². The molecule has 0 spiro atoms. The molecule has 0 aliphatic rings. The molecule has 1 aromatic carbocycles. The van der Waals surface area contributed by atoms with E-state index in [2.05, 4.69) is 26.0 Å². The van der Waals surface area contributed by atoms with Gasteiger partial charge >= 0.3 is 0 Å². The van der Waals surface area contributed by atoms with Gasteiger partial charge < -0.3 is 5.32 Å². The minimum absolute atomic E-state index is 0.0224. The number of benzene rings is 1. The van der Waals surface area contributed by atoms with E-state index < -0.39 is 15.8 Å². The highest BCUT2D eigenvalue weighted by Gasteiger charge is 2.22. The van der Waals surface area contributed by atoms with Crippen LogP contribution in [0, 0.1) is 12.7 Å². The number of sulfonamides is 1. The van der Waals surface area contributed by atoms with E-state index in [0.29, 0.717) is 15.9 Å². The van der Waals surface area contributed by atoms with Gasteiger partial charge in [0.2, 0.25) is 0 Å². The first-order valence-electron chi connectivity index (χ1n) is 6.06. The Morgan fingerprint density at radius 1 is 1.38 bits per heavy atom. The summed E-state index contributed by atoms with van der Waals surface area (Å²) >= 11 is 4.58. The van der Waals surface area contributed by atoms with Crippen LogP contribution in [0.3, 0.4) is 0 Å². The highest BCUT2D eigenvalue weighted by Crippen LogP contribution is 2.33. The van der Waals surface area contributed by atoms with E-state index in [1.165, 1.54) is 23.5 Å². The van der Waals surface area contributed by atoms with E-state index in [1.54, 1.807) is 26.1 Å². The van der Waals surface area contributed by atoms with E-state index in [4.69, 9.17) is 0 Å². The molecule has 0 amide bonds. The molecule has 0 fully saturated rings. The zero-order chi connectivity index (χ0) is 15.6. The van der Waals surface area contributed by atoms with Gasteiger partial charge in [-0.25, -0.2) is 12.8 Å². The van der Waals surface area contributed by atoms with Crippen LogP contribution in [0.5, 0.6) is 0 Å². The Bertz CT molecular complexity index is 739. The fraction of sp³-hybridized carbons (Fsp3) is 0.231. The molecule has 0 atom stereocenters. The smallest absolute Gasteiger partial charge is 0.263 e. The molecule has 0 unspecified atom stereocenters. The van der Waals surface area contributed by atoms with Crippen molar-refractivity contribution in [2.24, 2.45) is 0 Å². The molecule has 0 saturated carbocycles. The van der Waals surface area contributed by atoms with E-state index in [-0.39, 0.29) is 10.6 Å². The van der Waals surface area contributed by atoms with Crippen molar-refractivity contribution in [3.63, 3.8) is 0 Å². The number of hydrogen-bond donors (Lipinski definition) is 2. The summed E-state index contributed by atoms with van der Waals surface area (Å²) in [7, 11) is -2.06. The maximum Gasteiger partial charge on any atom is 0.263 e. The van der Waals surface area contributed by atoms with Gasteiger partial charge in [-0.05, 0) is 47.6 Å². The molecule has 0 radical (unpaired) electrons. The second-order valence-electron chi connectivity index (χ2n) is 4.42. The third-order valence-electron chi connectivity index (χ3n) is 2.81. The van der Waals surface area contributed by atoms with Gasteiger partial charge in [0, 0.05) is 11.4 Å². The molecule has 2 aromatic rings. The van der Waals surface area contributed by atoms with Crippen molar-refractivity contribution in [3.05, 3.63) is 44.3 Å². The van der Waals surface area contributed by atoms with Crippen LogP contribution in [0.15, 0.2) is 32.9 Å². The standard InChI is InChI=1S/C13H14BrFN2O2S2/c1-8-4-3-5-10(15)12(8)17-21(18,19)11-6-9(7-16-2)20-13(11)14/h3-6,16-17H,7H2,1-2H3. The molecular weight excluding hydrogens is 379 g/mol. The van der Waals surface area contributed by atoms with Crippen molar-refractivity contribution in [3.8, 4) is 0 Å². The van der Waals surface area contributed by atoms with Gasteiger partial charge in [-0.15, -0.1) is 11.3 Å². The average Bonchev–Trinajstić information content (AvgIpc) is 2.76. The predicted molar refractivity (Wildman–Crippen MR) is 86.7 cm³/mol. The van der Waals surface area contributed by atoms with E-state index >= 15 is 0 Å². The lowest BCUT2D eigenvalue weighted by molar-refractivity contribution is 0.598. The molecule has 0 aliphatic heterocycles. The van der Waals surface area contributed by atoms with Gasteiger partial charge in [-0.1, -0.05) is 12.1 Å². The molecule has 114 valence electrons. The van der Waals surface area contributed by atoms with Gasteiger partial charge in [-0.3, -0.25) is 4.72 Å². The van der Waals surface area contributed by atoms with Gasteiger partial charge in [0.25, 0.3) is 10.0 Å². The van der Waals surface area contributed by atoms with Crippen LogP contribution in [-0.4, -0.2) is 15.5 Å². The third kappa shape index (κ3) is 3.63. The van der Waals surface area contributed by atoms with E-state index in [9.17, 15) is 12.8 Å². The Kier molecular flexibility index (Phi) is 5.03. The minimum atomic E-state index is -3.84. The van der Waals surface area contributed by atoms with Crippen LogP contribution in [0.4, 0.5) is 10.1 Å². The van der Waals surface area contributed by atoms with Crippen molar-refractivity contribution >= 4 is 43.0 Å². The summed E-state index contributed by atoms with van der Waals surface area (Å²) in [4.78, 5) is 0.982. The normalized spacial score (nSPS) is 11.6.